The summed E-state index contributed by atoms with van der Waals surface area (Å²) >= 11 is 0. The van der Waals surface area contributed by atoms with Gasteiger partial charge in [-0.15, -0.1) is 0 Å². The Balaban J connectivity index is 2.18. The SMILES string of the molecule is CCC1CCN(c2cc(C#N)ccn2)C(CN)C1. The number of aromatic nitrogens is 1. The van der Waals surface area contributed by atoms with E-state index in [-0.39, 0.29) is 0 Å². The Kier molecular flexibility index (Phi) is 4.16. The first kappa shape index (κ1) is 12.8. The van der Waals surface area contributed by atoms with Crippen molar-refractivity contribution >= 4 is 5.82 Å². The molecule has 0 amide bonds. The van der Waals surface area contributed by atoms with Crippen molar-refractivity contribution in [3.8, 4) is 6.07 Å². The highest BCUT2D eigenvalue weighted by molar-refractivity contribution is 5.46. The van der Waals surface area contributed by atoms with E-state index >= 15 is 0 Å². The Morgan fingerprint density at radius 1 is 1.61 bits per heavy atom. The van der Waals surface area contributed by atoms with E-state index in [1.165, 1.54) is 12.8 Å². The van der Waals surface area contributed by atoms with Crippen molar-refractivity contribution in [2.45, 2.75) is 32.2 Å². The molecule has 0 aromatic carbocycles. The molecule has 2 atom stereocenters. The number of nitrogens with zero attached hydrogens (tertiary/aromatic N) is 3. The van der Waals surface area contributed by atoms with Crippen molar-refractivity contribution < 1.29 is 0 Å². The zero-order valence-corrected chi connectivity index (χ0v) is 10.8. The quantitative estimate of drug-likeness (QED) is 0.882. The third kappa shape index (κ3) is 2.62. The third-order valence-corrected chi connectivity index (χ3v) is 3.84. The normalized spacial score (nSPS) is 23.7. The van der Waals surface area contributed by atoms with Gasteiger partial charge in [-0.3, -0.25) is 0 Å². The van der Waals surface area contributed by atoms with Gasteiger partial charge in [0.15, 0.2) is 0 Å². The van der Waals surface area contributed by atoms with E-state index in [4.69, 9.17) is 11.0 Å². The molecule has 1 aliphatic rings. The summed E-state index contributed by atoms with van der Waals surface area (Å²) in [6.07, 6.45) is 5.24. The van der Waals surface area contributed by atoms with Gasteiger partial charge < -0.3 is 10.6 Å². The van der Waals surface area contributed by atoms with E-state index in [1.807, 2.05) is 6.07 Å². The predicted octanol–water partition coefficient (Wildman–Crippen LogP) is 1.91. The number of pyridine rings is 1. The van der Waals surface area contributed by atoms with Gasteiger partial charge in [-0.25, -0.2) is 4.98 Å². The first-order chi connectivity index (χ1) is 8.78. The molecule has 1 aromatic rings. The first-order valence-electron chi connectivity index (χ1n) is 6.61. The lowest BCUT2D eigenvalue weighted by molar-refractivity contribution is 0.334. The summed E-state index contributed by atoms with van der Waals surface area (Å²) in [6, 6.07) is 6.11. The highest BCUT2D eigenvalue weighted by Gasteiger charge is 2.27. The van der Waals surface area contributed by atoms with Crippen molar-refractivity contribution in [2.24, 2.45) is 11.7 Å². The maximum absolute atomic E-state index is 8.94. The molecule has 2 unspecified atom stereocenters. The van der Waals surface area contributed by atoms with Crippen LogP contribution >= 0.6 is 0 Å². The molecule has 96 valence electrons. The maximum Gasteiger partial charge on any atom is 0.130 e. The second kappa shape index (κ2) is 5.83. The fourth-order valence-corrected chi connectivity index (χ4v) is 2.67. The summed E-state index contributed by atoms with van der Waals surface area (Å²) in [5, 5.41) is 8.94. The number of rotatable bonds is 3. The number of piperidine rings is 1. The van der Waals surface area contributed by atoms with Crippen LogP contribution in [0.1, 0.15) is 31.7 Å². The van der Waals surface area contributed by atoms with Gasteiger partial charge in [0.05, 0.1) is 11.6 Å². The fraction of sp³-hybridized carbons (Fsp3) is 0.571. The molecular weight excluding hydrogens is 224 g/mol. The lowest BCUT2D eigenvalue weighted by Gasteiger charge is -2.39. The summed E-state index contributed by atoms with van der Waals surface area (Å²) in [6.45, 7) is 3.87. The Hall–Kier alpha value is -1.60. The number of hydrogen-bond acceptors (Lipinski definition) is 4. The minimum Gasteiger partial charge on any atom is -0.352 e. The molecule has 0 bridgehead atoms. The summed E-state index contributed by atoms with van der Waals surface area (Å²) in [4.78, 5) is 6.64. The molecule has 1 aliphatic heterocycles. The van der Waals surface area contributed by atoms with E-state index in [9.17, 15) is 0 Å². The van der Waals surface area contributed by atoms with Gasteiger partial charge in [-0.1, -0.05) is 13.3 Å². The van der Waals surface area contributed by atoms with Crippen LogP contribution in [0.5, 0.6) is 0 Å². The summed E-state index contributed by atoms with van der Waals surface area (Å²) in [7, 11) is 0. The molecule has 0 radical (unpaired) electrons. The number of hydrogen-bond donors (Lipinski definition) is 1. The topological polar surface area (TPSA) is 65.9 Å². The molecule has 2 rings (SSSR count). The number of nitriles is 1. The molecule has 1 fully saturated rings. The Bertz CT molecular complexity index is 438. The van der Waals surface area contributed by atoms with Crippen LogP contribution < -0.4 is 10.6 Å². The summed E-state index contributed by atoms with van der Waals surface area (Å²) < 4.78 is 0. The summed E-state index contributed by atoms with van der Waals surface area (Å²) in [5.41, 5.74) is 6.54. The maximum atomic E-state index is 8.94. The molecule has 4 heteroatoms. The molecule has 2 N–H and O–H groups in total. The fourth-order valence-electron chi connectivity index (χ4n) is 2.67. The summed E-state index contributed by atoms with van der Waals surface area (Å²) in [5.74, 6) is 1.66. The molecule has 1 saturated heterocycles. The van der Waals surface area contributed by atoms with Crippen LogP contribution in [0.15, 0.2) is 18.3 Å². The average Bonchev–Trinajstić information content (AvgIpc) is 2.46. The van der Waals surface area contributed by atoms with Gasteiger partial charge in [-0.2, -0.15) is 5.26 Å². The smallest absolute Gasteiger partial charge is 0.130 e. The highest BCUT2D eigenvalue weighted by Crippen LogP contribution is 2.28. The van der Waals surface area contributed by atoms with Crippen molar-refractivity contribution in [3.05, 3.63) is 23.9 Å². The van der Waals surface area contributed by atoms with Crippen LogP contribution in [0.2, 0.25) is 0 Å². The Labute approximate surface area is 108 Å². The monoisotopic (exact) mass is 244 g/mol. The van der Waals surface area contributed by atoms with Crippen LogP contribution in [-0.2, 0) is 0 Å². The van der Waals surface area contributed by atoms with Crippen LogP contribution in [0, 0.1) is 17.2 Å². The van der Waals surface area contributed by atoms with Crippen LogP contribution in [-0.4, -0.2) is 24.1 Å². The van der Waals surface area contributed by atoms with Crippen LogP contribution in [0.3, 0.4) is 0 Å². The van der Waals surface area contributed by atoms with Crippen molar-refractivity contribution in [3.63, 3.8) is 0 Å². The zero-order valence-electron chi connectivity index (χ0n) is 10.8. The average molecular weight is 244 g/mol. The first-order valence-corrected chi connectivity index (χ1v) is 6.61. The Morgan fingerprint density at radius 3 is 3.11 bits per heavy atom. The van der Waals surface area contributed by atoms with Gasteiger partial charge in [-0.05, 0) is 30.9 Å². The minimum absolute atomic E-state index is 0.352. The van der Waals surface area contributed by atoms with Gasteiger partial charge in [0.25, 0.3) is 0 Å². The molecular formula is C14H20N4. The van der Waals surface area contributed by atoms with Crippen molar-refractivity contribution in [2.75, 3.05) is 18.0 Å². The molecule has 2 heterocycles. The van der Waals surface area contributed by atoms with Crippen LogP contribution in [0.25, 0.3) is 0 Å². The zero-order chi connectivity index (χ0) is 13.0. The third-order valence-electron chi connectivity index (χ3n) is 3.84. The lowest BCUT2D eigenvalue weighted by atomic mass is 9.89. The van der Waals surface area contributed by atoms with E-state index in [1.54, 1.807) is 12.3 Å². The molecule has 1 aromatic heterocycles. The minimum atomic E-state index is 0.352. The van der Waals surface area contributed by atoms with Gasteiger partial charge in [0.2, 0.25) is 0 Å². The molecule has 4 nitrogen and oxygen atoms in total. The molecule has 0 aliphatic carbocycles. The van der Waals surface area contributed by atoms with Gasteiger partial charge >= 0.3 is 0 Å². The number of anilines is 1. The predicted molar refractivity (Wildman–Crippen MR) is 72.2 cm³/mol. The van der Waals surface area contributed by atoms with E-state index in [0.29, 0.717) is 18.2 Å². The van der Waals surface area contributed by atoms with E-state index in [0.717, 1.165) is 24.7 Å². The van der Waals surface area contributed by atoms with E-state index < -0.39 is 0 Å². The standard InChI is InChI=1S/C14H20N4/c1-2-11-4-6-18(13(7-11)10-16)14-8-12(9-15)3-5-17-14/h3,5,8,11,13H,2,4,6-7,10,16H2,1H3. The molecule has 18 heavy (non-hydrogen) atoms. The lowest BCUT2D eigenvalue weighted by Crippen LogP contribution is -2.47. The molecule has 0 spiro atoms. The van der Waals surface area contributed by atoms with Crippen molar-refractivity contribution in [1.82, 2.24) is 4.98 Å². The second-order valence-electron chi connectivity index (χ2n) is 4.90. The molecule has 0 saturated carbocycles. The Morgan fingerprint density at radius 2 is 2.44 bits per heavy atom. The number of nitrogens with two attached hydrogens (primary N) is 1. The van der Waals surface area contributed by atoms with E-state index in [2.05, 4.69) is 22.9 Å². The van der Waals surface area contributed by atoms with Gasteiger partial charge in [0, 0.05) is 25.3 Å². The highest BCUT2D eigenvalue weighted by atomic mass is 15.2. The van der Waals surface area contributed by atoms with Crippen LogP contribution in [0.4, 0.5) is 5.82 Å². The van der Waals surface area contributed by atoms with Crippen molar-refractivity contribution in [1.29, 1.82) is 5.26 Å². The largest absolute Gasteiger partial charge is 0.352 e. The second-order valence-corrected chi connectivity index (χ2v) is 4.90. The van der Waals surface area contributed by atoms with Gasteiger partial charge in [0.1, 0.15) is 5.82 Å².